The van der Waals surface area contributed by atoms with Crippen molar-refractivity contribution in [2.24, 2.45) is 5.92 Å². The Morgan fingerprint density at radius 3 is 2.64 bits per heavy atom. The van der Waals surface area contributed by atoms with Crippen molar-refractivity contribution < 1.29 is 13.5 Å². The molecule has 1 fully saturated rings. The molecule has 0 radical (unpaired) electrons. The Morgan fingerprint density at radius 1 is 1.03 bits per heavy atom. The predicted molar refractivity (Wildman–Crippen MR) is 143 cm³/mol. The van der Waals surface area contributed by atoms with Gasteiger partial charge in [-0.15, -0.1) is 5.10 Å². The van der Waals surface area contributed by atoms with E-state index in [9.17, 15) is 4.39 Å². The maximum atomic E-state index is 15.2. The molecule has 0 bridgehead atoms. The summed E-state index contributed by atoms with van der Waals surface area (Å²) < 4.78 is 38.8. The number of aromatic nitrogens is 7. The van der Waals surface area contributed by atoms with Gasteiger partial charge in [0.2, 0.25) is 5.82 Å². The molecule has 0 atom stereocenters. The molecule has 206 valence electrons. The molecule has 4 heterocycles. The molecule has 0 saturated carbocycles. The Kier molecular flexibility index (Phi) is 8.10. The quantitative estimate of drug-likeness (QED) is 0.318. The fourth-order valence-corrected chi connectivity index (χ4v) is 4.62. The highest BCUT2D eigenvalue weighted by Crippen LogP contribution is 2.31. The normalized spacial score (nSPS) is 14.3. The number of pyridine rings is 1. The summed E-state index contributed by atoms with van der Waals surface area (Å²) in [6.45, 7) is 8.07. The number of nitrogens with zero attached hydrogens (tertiary/aromatic N) is 8. The summed E-state index contributed by atoms with van der Waals surface area (Å²) in [6.07, 6.45) is 9.85. The van der Waals surface area contributed by atoms with Crippen molar-refractivity contribution in [2.75, 3.05) is 32.0 Å². The van der Waals surface area contributed by atoms with Crippen molar-refractivity contribution in [2.45, 2.75) is 46.1 Å². The summed E-state index contributed by atoms with van der Waals surface area (Å²) >= 11 is 0. The van der Waals surface area contributed by atoms with Crippen molar-refractivity contribution >= 4 is 5.82 Å². The molecule has 39 heavy (non-hydrogen) atoms. The van der Waals surface area contributed by atoms with E-state index in [1.807, 2.05) is 10.9 Å². The highest BCUT2D eigenvalue weighted by atomic mass is 19.2. The third-order valence-electron chi connectivity index (χ3n) is 6.90. The summed E-state index contributed by atoms with van der Waals surface area (Å²) in [5, 5.41) is 16.1. The number of halogens is 2. The third kappa shape index (κ3) is 6.06. The topological polar surface area (TPSA) is 113 Å². The molecule has 1 aliphatic rings. The number of aryl methyl sites for hydroxylation is 1. The van der Waals surface area contributed by atoms with E-state index in [1.54, 1.807) is 18.5 Å². The van der Waals surface area contributed by atoms with E-state index in [4.69, 9.17) is 10.5 Å². The van der Waals surface area contributed by atoms with Crippen LogP contribution in [-0.4, -0.2) is 66.1 Å². The summed E-state index contributed by atoms with van der Waals surface area (Å²) in [5.74, 6) is -1.52. The first-order chi connectivity index (χ1) is 18.9. The van der Waals surface area contributed by atoms with Gasteiger partial charge in [0.25, 0.3) is 0 Å². The zero-order chi connectivity index (χ0) is 27.4. The van der Waals surface area contributed by atoms with Gasteiger partial charge in [-0.2, -0.15) is 14.2 Å². The van der Waals surface area contributed by atoms with Gasteiger partial charge in [0.1, 0.15) is 18.1 Å². The van der Waals surface area contributed by atoms with Crippen LogP contribution in [0.1, 0.15) is 39.5 Å². The second kappa shape index (κ2) is 11.9. The van der Waals surface area contributed by atoms with Gasteiger partial charge < -0.3 is 10.5 Å². The molecule has 0 spiro atoms. The van der Waals surface area contributed by atoms with Crippen molar-refractivity contribution in [3.8, 4) is 34.0 Å². The predicted octanol–water partition coefficient (Wildman–Crippen LogP) is 4.36. The first-order valence-corrected chi connectivity index (χ1v) is 13.3. The lowest BCUT2D eigenvalue weighted by Crippen LogP contribution is -2.33. The second-order valence-electron chi connectivity index (χ2n) is 10.2. The molecule has 0 aliphatic carbocycles. The monoisotopic (exact) mass is 537 g/mol. The summed E-state index contributed by atoms with van der Waals surface area (Å²) in [4.78, 5) is 6.56. The van der Waals surface area contributed by atoms with Gasteiger partial charge in [-0.3, -0.25) is 9.58 Å². The van der Waals surface area contributed by atoms with Crippen molar-refractivity contribution in [3.63, 3.8) is 0 Å². The Balaban J connectivity index is 1.37. The van der Waals surface area contributed by atoms with Crippen LogP contribution in [0.4, 0.5) is 14.6 Å². The molecular weight excluding hydrogens is 504 g/mol. The smallest absolute Gasteiger partial charge is 0.202 e. The van der Waals surface area contributed by atoms with E-state index in [0.29, 0.717) is 18.0 Å². The van der Waals surface area contributed by atoms with Crippen LogP contribution in [0.15, 0.2) is 36.8 Å². The average Bonchev–Trinajstić information content (AvgIpc) is 3.61. The Bertz CT molecular complexity index is 1410. The number of ether oxygens (including phenoxy) is 1. The number of rotatable bonds is 10. The van der Waals surface area contributed by atoms with Crippen LogP contribution in [0.2, 0.25) is 0 Å². The van der Waals surface area contributed by atoms with Crippen LogP contribution in [-0.2, 0) is 6.54 Å². The van der Waals surface area contributed by atoms with Gasteiger partial charge in [0, 0.05) is 36.6 Å². The SMILES string of the molecule is CC(C)CCn1cc(-c2cnc(N)c(-c3nnnn3-c3ccc(OCCN4CCCCC4)c(F)c3F)c2)cn1. The van der Waals surface area contributed by atoms with Gasteiger partial charge in [0.15, 0.2) is 17.4 Å². The van der Waals surface area contributed by atoms with Crippen molar-refractivity contribution in [1.29, 1.82) is 0 Å². The number of tetrazole rings is 1. The van der Waals surface area contributed by atoms with E-state index in [-0.39, 0.29) is 29.7 Å². The molecule has 0 amide bonds. The Morgan fingerprint density at radius 2 is 1.85 bits per heavy atom. The highest BCUT2D eigenvalue weighted by molar-refractivity contribution is 5.76. The van der Waals surface area contributed by atoms with Crippen LogP contribution in [0.3, 0.4) is 0 Å². The van der Waals surface area contributed by atoms with E-state index in [1.165, 1.54) is 18.6 Å². The maximum absolute atomic E-state index is 15.2. The average molecular weight is 538 g/mol. The minimum absolute atomic E-state index is 0.131. The lowest BCUT2D eigenvalue weighted by atomic mass is 10.1. The van der Waals surface area contributed by atoms with E-state index in [2.05, 4.69) is 44.4 Å². The second-order valence-corrected chi connectivity index (χ2v) is 10.2. The first kappa shape index (κ1) is 26.7. The largest absolute Gasteiger partial charge is 0.489 e. The van der Waals surface area contributed by atoms with E-state index < -0.39 is 11.6 Å². The lowest BCUT2D eigenvalue weighted by Gasteiger charge is -2.26. The van der Waals surface area contributed by atoms with Gasteiger partial charge in [-0.1, -0.05) is 20.3 Å². The lowest BCUT2D eigenvalue weighted by molar-refractivity contribution is 0.179. The minimum Gasteiger partial charge on any atom is -0.489 e. The number of benzene rings is 1. The van der Waals surface area contributed by atoms with Crippen LogP contribution < -0.4 is 10.5 Å². The molecule has 1 aliphatic heterocycles. The molecular formula is C27H33F2N9O. The first-order valence-electron chi connectivity index (χ1n) is 13.3. The number of likely N-dealkylation sites (tertiary alicyclic amines) is 1. The molecule has 2 N–H and O–H groups in total. The number of hydrogen-bond acceptors (Lipinski definition) is 8. The minimum atomic E-state index is -1.12. The fraction of sp³-hybridized carbons (Fsp3) is 0.444. The summed E-state index contributed by atoms with van der Waals surface area (Å²) in [7, 11) is 0. The van der Waals surface area contributed by atoms with Crippen LogP contribution in [0, 0.1) is 17.6 Å². The van der Waals surface area contributed by atoms with E-state index >= 15 is 4.39 Å². The fourth-order valence-electron chi connectivity index (χ4n) is 4.62. The molecule has 1 aromatic carbocycles. The molecule has 12 heteroatoms. The Hall–Kier alpha value is -3.93. The molecule has 4 aromatic rings. The highest BCUT2D eigenvalue weighted by Gasteiger charge is 2.22. The molecule has 0 unspecified atom stereocenters. The maximum Gasteiger partial charge on any atom is 0.202 e. The van der Waals surface area contributed by atoms with Gasteiger partial charge >= 0.3 is 0 Å². The summed E-state index contributed by atoms with van der Waals surface area (Å²) in [6, 6.07) is 4.54. The van der Waals surface area contributed by atoms with Crippen molar-refractivity contribution in [3.05, 3.63) is 48.4 Å². The Labute approximate surface area is 225 Å². The van der Waals surface area contributed by atoms with Crippen LogP contribution in [0.5, 0.6) is 5.75 Å². The van der Waals surface area contributed by atoms with Gasteiger partial charge in [-0.25, -0.2) is 9.37 Å². The molecule has 10 nitrogen and oxygen atoms in total. The number of nitrogen functional groups attached to an aromatic ring is 1. The standard InChI is InChI=1S/C27H33F2N9O/c1-18(2)8-11-37-17-20(16-32-37)19-14-21(26(30)31-15-19)27-33-34-35-38(27)22-6-7-23(25(29)24(22)28)39-13-12-36-9-4-3-5-10-36/h6-7,14-18H,3-5,8-13H2,1-2H3,(H2,30,31). The number of nitrogens with two attached hydrogens (primary N) is 1. The third-order valence-corrected chi connectivity index (χ3v) is 6.90. The zero-order valence-electron chi connectivity index (χ0n) is 22.2. The van der Waals surface area contributed by atoms with E-state index in [0.717, 1.165) is 54.7 Å². The zero-order valence-corrected chi connectivity index (χ0v) is 22.2. The van der Waals surface area contributed by atoms with Gasteiger partial charge in [-0.05, 0) is 66.9 Å². The number of piperidine rings is 1. The molecule has 3 aromatic heterocycles. The van der Waals surface area contributed by atoms with Crippen molar-refractivity contribution in [1.82, 2.24) is 39.9 Å². The molecule has 1 saturated heterocycles. The van der Waals surface area contributed by atoms with Crippen LogP contribution in [0.25, 0.3) is 28.2 Å². The summed E-state index contributed by atoms with van der Waals surface area (Å²) in [5.41, 5.74) is 7.97. The number of hydrogen-bond donors (Lipinski definition) is 1. The molecule has 5 rings (SSSR count). The van der Waals surface area contributed by atoms with Crippen LogP contribution >= 0.6 is 0 Å². The number of anilines is 1. The van der Waals surface area contributed by atoms with Gasteiger partial charge in [0.05, 0.1) is 11.8 Å².